The molecule has 0 saturated heterocycles. The molecule has 0 aliphatic carbocycles. The maximum atomic E-state index is 12.4. The van der Waals surface area contributed by atoms with E-state index in [1.807, 2.05) is 48.5 Å². The second-order valence-corrected chi connectivity index (χ2v) is 5.24. The SMILES string of the molecule is NCCc1ccccc1C(=O)Cc1ccccc1Br. The summed E-state index contributed by atoms with van der Waals surface area (Å²) in [6.45, 7) is 0.555. The normalized spacial score (nSPS) is 10.4. The highest BCUT2D eigenvalue weighted by Gasteiger charge is 2.12. The number of rotatable bonds is 5. The highest BCUT2D eigenvalue weighted by molar-refractivity contribution is 9.10. The third-order valence-corrected chi connectivity index (χ3v) is 3.81. The molecule has 0 unspecified atom stereocenters. The number of benzene rings is 2. The van der Waals surface area contributed by atoms with Crippen LogP contribution in [-0.4, -0.2) is 12.3 Å². The zero-order valence-electron chi connectivity index (χ0n) is 10.6. The summed E-state index contributed by atoms with van der Waals surface area (Å²) >= 11 is 3.47. The fourth-order valence-electron chi connectivity index (χ4n) is 2.08. The van der Waals surface area contributed by atoms with Gasteiger partial charge in [0.15, 0.2) is 5.78 Å². The third-order valence-electron chi connectivity index (χ3n) is 3.04. The first kappa shape index (κ1) is 14.0. The van der Waals surface area contributed by atoms with Crippen LogP contribution in [0.5, 0.6) is 0 Å². The summed E-state index contributed by atoms with van der Waals surface area (Å²) in [5, 5.41) is 0. The number of nitrogens with two attached hydrogens (primary N) is 1. The summed E-state index contributed by atoms with van der Waals surface area (Å²) in [6, 6.07) is 15.5. The van der Waals surface area contributed by atoms with Gasteiger partial charge in [-0.15, -0.1) is 0 Å². The molecule has 2 rings (SSSR count). The second-order valence-electron chi connectivity index (χ2n) is 4.39. The molecule has 19 heavy (non-hydrogen) atoms. The lowest BCUT2D eigenvalue weighted by Crippen LogP contribution is -2.11. The van der Waals surface area contributed by atoms with Crippen molar-refractivity contribution in [3.8, 4) is 0 Å². The van der Waals surface area contributed by atoms with Gasteiger partial charge in [0.05, 0.1) is 0 Å². The van der Waals surface area contributed by atoms with E-state index in [1.165, 1.54) is 0 Å². The van der Waals surface area contributed by atoms with Crippen molar-refractivity contribution in [1.82, 2.24) is 0 Å². The van der Waals surface area contributed by atoms with Gasteiger partial charge in [-0.05, 0) is 30.2 Å². The Morgan fingerprint density at radius 2 is 1.63 bits per heavy atom. The number of carbonyl (C=O) groups is 1. The van der Waals surface area contributed by atoms with Crippen molar-refractivity contribution in [3.63, 3.8) is 0 Å². The van der Waals surface area contributed by atoms with Crippen molar-refractivity contribution in [2.75, 3.05) is 6.54 Å². The lowest BCUT2D eigenvalue weighted by molar-refractivity contribution is 0.0992. The zero-order chi connectivity index (χ0) is 13.7. The van der Waals surface area contributed by atoms with E-state index in [-0.39, 0.29) is 5.78 Å². The van der Waals surface area contributed by atoms with Crippen molar-refractivity contribution in [1.29, 1.82) is 0 Å². The molecule has 2 N–H and O–H groups in total. The van der Waals surface area contributed by atoms with Gasteiger partial charge in [0.1, 0.15) is 0 Å². The van der Waals surface area contributed by atoms with Crippen molar-refractivity contribution in [2.24, 2.45) is 5.73 Å². The van der Waals surface area contributed by atoms with E-state index < -0.39 is 0 Å². The molecule has 0 fully saturated rings. The Morgan fingerprint density at radius 1 is 1.00 bits per heavy atom. The standard InChI is InChI=1S/C16H16BrNO/c17-15-8-4-2-6-13(15)11-16(19)14-7-3-1-5-12(14)9-10-18/h1-8H,9-11,18H2. The van der Waals surface area contributed by atoms with Crippen molar-refractivity contribution < 1.29 is 4.79 Å². The van der Waals surface area contributed by atoms with Gasteiger partial charge in [0.2, 0.25) is 0 Å². The molecule has 0 bridgehead atoms. The first-order valence-corrected chi connectivity index (χ1v) is 7.06. The van der Waals surface area contributed by atoms with E-state index in [1.54, 1.807) is 0 Å². The molecular weight excluding hydrogens is 302 g/mol. The second kappa shape index (κ2) is 6.64. The number of halogens is 1. The molecule has 3 heteroatoms. The smallest absolute Gasteiger partial charge is 0.167 e. The summed E-state index contributed by atoms with van der Waals surface area (Å²) in [6.07, 6.45) is 1.14. The molecule has 2 nitrogen and oxygen atoms in total. The lowest BCUT2D eigenvalue weighted by Gasteiger charge is -2.08. The van der Waals surface area contributed by atoms with Crippen molar-refractivity contribution in [2.45, 2.75) is 12.8 Å². The summed E-state index contributed by atoms with van der Waals surface area (Å²) in [5.74, 6) is 0.135. The average Bonchev–Trinajstić information content (AvgIpc) is 2.42. The Bertz CT molecular complexity index is 580. The third kappa shape index (κ3) is 3.52. The van der Waals surface area contributed by atoms with Crippen LogP contribution in [0.25, 0.3) is 0 Å². The summed E-state index contributed by atoms with van der Waals surface area (Å²) < 4.78 is 0.972. The fourth-order valence-corrected chi connectivity index (χ4v) is 2.50. The van der Waals surface area contributed by atoms with E-state index in [9.17, 15) is 4.79 Å². The molecule has 0 amide bonds. The van der Waals surface area contributed by atoms with Gasteiger partial charge < -0.3 is 5.73 Å². The fraction of sp³-hybridized carbons (Fsp3) is 0.188. The molecular formula is C16H16BrNO. The van der Waals surface area contributed by atoms with Crippen LogP contribution in [0.2, 0.25) is 0 Å². The average molecular weight is 318 g/mol. The predicted octanol–water partition coefficient (Wildman–Crippen LogP) is 3.38. The van der Waals surface area contributed by atoms with E-state index in [0.717, 1.165) is 27.6 Å². The van der Waals surface area contributed by atoms with Gasteiger partial charge in [-0.2, -0.15) is 0 Å². The van der Waals surface area contributed by atoms with Crippen molar-refractivity contribution in [3.05, 3.63) is 69.7 Å². The molecule has 0 heterocycles. The van der Waals surface area contributed by atoms with Crippen LogP contribution in [0, 0.1) is 0 Å². The Hall–Kier alpha value is -1.45. The maximum Gasteiger partial charge on any atom is 0.167 e. The predicted molar refractivity (Wildman–Crippen MR) is 81.4 cm³/mol. The van der Waals surface area contributed by atoms with Gasteiger partial charge >= 0.3 is 0 Å². The van der Waals surface area contributed by atoms with E-state index in [4.69, 9.17) is 5.73 Å². The molecule has 2 aromatic rings. The Balaban J connectivity index is 2.23. The number of hydrogen-bond acceptors (Lipinski definition) is 2. The molecule has 0 spiro atoms. The zero-order valence-corrected chi connectivity index (χ0v) is 12.2. The molecule has 0 saturated carbocycles. The number of ketones is 1. The monoisotopic (exact) mass is 317 g/mol. The molecule has 0 radical (unpaired) electrons. The quantitative estimate of drug-likeness (QED) is 0.859. The first-order chi connectivity index (χ1) is 9.22. The molecule has 0 aliphatic heterocycles. The molecule has 0 aromatic heterocycles. The van der Waals surface area contributed by atoms with Gasteiger partial charge in [0, 0.05) is 16.5 Å². The van der Waals surface area contributed by atoms with Crippen LogP contribution >= 0.6 is 15.9 Å². The minimum atomic E-state index is 0.135. The summed E-state index contributed by atoms with van der Waals surface area (Å²) in [4.78, 5) is 12.4. The molecule has 98 valence electrons. The van der Waals surface area contributed by atoms with E-state index >= 15 is 0 Å². The largest absolute Gasteiger partial charge is 0.330 e. The minimum Gasteiger partial charge on any atom is -0.330 e. The molecule has 0 aliphatic rings. The Kier molecular flexibility index (Phi) is 4.88. The topological polar surface area (TPSA) is 43.1 Å². The first-order valence-electron chi connectivity index (χ1n) is 6.27. The van der Waals surface area contributed by atoms with Gasteiger partial charge in [-0.25, -0.2) is 0 Å². The summed E-state index contributed by atoms with van der Waals surface area (Å²) in [5.41, 5.74) is 8.41. The number of hydrogen-bond donors (Lipinski definition) is 1. The lowest BCUT2D eigenvalue weighted by atomic mass is 9.97. The molecule has 0 atom stereocenters. The van der Waals surface area contributed by atoms with Crippen LogP contribution in [-0.2, 0) is 12.8 Å². The van der Waals surface area contributed by atoms with E-state index in [0.29, 0.717) is 13.0 Å². The van der Waals surface area contributed by atoms with Crippen LogP contribution in [0.4, 0.5) is 0 Å². The van der Waals surface area contributed by atoms with Crippen LogP contribution in [0.1, 0.15) is 21.5 Å². The van der Waals surface area contributed by atoms with Crippen LogP contribution in [0.15, 0.2) is 53.0 Å². The minimum absolute atomic E-state index is 0.135. The van der Waals surface area contributed by atoms with Crippen LogP contribution in [0.3, 0.4) is 0 Å². The van der Waals surface area contributed by atoms with Gasteiger partial charge in [-0.3, -0.25) is 4.79 Å². The van der Waals surface area contributed by atoms with Gasteiger partial charge in [0.25, 0.3) is 0 Å². The molecule has 2 aromatic carbocycles. The highest BCUT2D eigenvalue weighted by Crippen LogP contribution is 2.19. The maximum absolute atomic E-state index is 12.4. The van der Waals surface area contributed by atoms with Crippen molar-refractivity contribution >= 4 is 21.7 Å². The number of carbonyl (C=O) groups excluding carboxylic acids is 1. The van der Waals surface area contributed by atoms with E-state index in [2.05, 4.69) is 15.9 Å². The summed E-state index contributed by atoms with van der Waals surface area (Å²) in [7, 11) is 0. The Labute approximate surface area is 121 Å². The Morgan fingerprint density at radius 3 is 2.32 bits per heavy atom. The van der Waals surface area contributed by atoms with Gasteiger partial charge in [-0.1, -0.05) is 58.4 Å². The highest BCUT2D eigenvalue weighted by atomic mass is 79.9. The number of Topliss-reactive ketones (excluding diaryl/α,β-unsaturated/α-hetero) is 1. The van der Waals surface area contributed by atoms with Crippen LogP contribution < -0.4 is 5.73 Å².